The summed E-state index contributed by atoms with van der Waals surface area (Å²) in [5, 5.41) is 0. The van der Waals surface area contributed by atoms with E-state index >= 15 is 0 Å². The van der Waals surface area contributed by atoms with Crippen molar-refractivity contribution in [3.63, 3.8) is 0 Å². The molecule has 1 aromatic carbocycles. The maximum Gasteiger partial charge on any atom is 0.254 e. The fourth-order valence-corrected chi connectivity index (χ4v) is 3.70. The molecule has 0 saturated carbocycles. The monoisotopic (exact) mass is 338 g/mol. The first-order valence-electron chi connectivity index (χ1n) is 8.05. The maximum atomic E-state index is 12.9. The Kier molecular flexibility index (Phi) is 5.47. The number of amides is 1. The van der Waals surface area contributed by atoms with Gasteiger partial charge in [-0.3, -0.25) is 4.79 Å². The molecule has 0 N–H and O–H groups in total. The highest BCUT2D eigenvalue weighted by Crippen LogP contribution is 2.20. The summed E-state index contributed by atoms with van der Waals surface area (Å²) in [6.45, 7) is 8.04. The Bertz CT molecular complexity index is 683. The van der Waals surface area contributed by atoms with Crippen LogP contribution in [0.1, 0.15) is 47.7 Å². The van der Waals surface area contributed by atoms with Gasteiger partial charge in [-0.15, -0.1) is 0 Å². The first-order valence-corrected chi connectivity index (χ1v) is 9.90. The second kappa shape index (κ2) is 7.01. The van der Waals surface area contributed by atoms with Gasteiger partial charge in [0.2, 0.25) is 10.0 Å². The van der Waals surface area contributed by atoms with Crippen molar-refractivity contribution < 1.29 is 13.2 Å². The summed E-state index contributed by atoms with van der Waals surface area (Å²) in [6.07, 6.45) is 1.89. The van der Waals surface area contributed by atoms with E-state index < -0.39 is 10.0 Å². The number of hydrogen-bond acceptors (Lipinski definition) is 3. The van der Waals surface area contributed by atoms with E-state index in [-0.39, 0.29) is 5.91 Å². The van der Waals surface area contributed by atoms with Gasteiger partial charge in [-0.1, -0.05) is 26.0 Å². The zero-order valence-corrected chi connectivity index (χ0v) is 15.2. The Balaban J connectivity index is 2.19. The van der Waals surface area contributed by atoms with Crippen LogP contribution < -0.4 is 0 Å². The van der Waals surface area contributed by atoms with Crippen molar-refractivity contribution in [1.29, 1.82) is 0 Å². The summed E-state index contributed by atoms with van der Waals surface area (Å²) in [5.74, 6) is 0.368. The van der Waals surface area contributed by atoms with Gasteiger partial charge >= 0.3 is 0 Å². The van der Waals surface area contributed by atoms with Gasteiger partial charge in [-0.25, -0.2) is 12.7 Å². The average Bonchev–Trinajstić information content (AvgIpc) is 2.72. The molecule has 0 radical (unpaired) electrons. The molecule has 0 aliphatic carbocycles. The number of sulfonamides is 1. The minimum absolute atomic E-state index is 0.000325. The minimum Gasteiger partial charge on any atom is -0.337 e. The van der Waals surface area contributed by atoms with Gasteiger partial charge in [0.1, 0.15) is 0 Å². The average molecular weight is 338 g/mol. The van der Waals surface area contributed by atoms with Crippen LogP contribution >= 0.6 is 0 Å². The van der Waals surface area contributed by atoms with E-state index in [1.165, 1.54) is 10.6 Å². The molecule has 0 unspecified atom stereocenters. The highest BCUT2D eigenvalue weighted by Gasteiger charge is 2.25. The molecule has 2 rings (SSSR count). The van der Waals surface area contributed by atoms with Gasteiger partial charge in [-0.05, 0) is 36.5 Å². The van der Waals surface area contributed by atoms with E-state index in [9.17, 15) is 13.2 Å². The van der Waals surface area contributed by atoms with E-state index in [1.807, 2.05) is 19.1 Å². The van der Waals surface area contributed by atoms with Crippen LogP contribution in [0.5, 0.6) is 0 Å². The Morgan fingerprint density at radius 3 is 2.43 bits per heavy atom. The van der Waals surface area contributed by atoms with Crippen LogP contribution in [-0.2, 0) is 10.0 Å². The number of hydrogen-bond donors (Lipinski definition) is 0. The number of carbonyl (C=O) groups is 1. The molecular formula is C17H26N2O3S. The van der Waals surface area contributed by atoms with Crippen molar-refractivity contribution in [1.82, 2.24) is 9.21 Å². The first kappa shape index (κ1) is 17.9. The van der Waals surface area contributed by atoms with Gasteiger partial charge < -0.3 is 4.90 Å². The van der Waals surface area contributed by atoms with E-state index in [0.717, 1.165) is 16.7 Å². The van der Waals surface area contributed by atoms with Gasteiger partial charge in [-0.2, -0.15) is 0 Å². The zero-order chi connectivity index (χ0) is 17.2. The first-order chi connectivity index (χ1) is 10.7. The van der Waals surface area contributed by atoms with Crippen LogP contribution in [0.15, 0.2) is 18.2 Å². The number of nitrogens with zero attached hydrogens (tertiary/aromatic N) is 2. The predicted molar refractivity (Wildman–Crippen MR) is 92.2 cm³/mol. The topological polar surface area (TPSA) is 57.7 Å². The largest absolute Gasteiger partial charge is 0.337 e. The molecule has 1 aliphatic heterocycles. The van der Waals surface area contributed by atoms with Gasteiger partial charge in [0.15, 0.2) is 0 Å². The molecule has 1 heterocycles. The van der Waals surface area contributed by atoms with Crippen LogP contribution in [0.4, 0.5) is 0 Å². The van der Waals surface area contributed by atoms with Crippen molar-refractivity contribution in [2.45, 2.75) is 33.1 Å². The van der Waals surface area contributed by atoms with Crippen molar-refractivity contribution in [2.75, 3.05) is 32.4 Å². The molecule has 128 valence electrons. The third-order valence-electron chi connectivity index (χ3n) is 4.37. The fourth-order valence-electron chi connectivity index (χ4n) is 2.83. The van der Waals surface area contributed by atoms with Gasteiger partial charge in [0, 0.05) is 31.7 Å². The molecule has 0 aromatic heterocycles. The van der Waals surface area contributed by atoms with Gasteiger partial charge in [0.25, 0.3) is 5.91 Å². The summed E-state index contributed by atoms with van der Waals surface area (Å²) in [6, 6.07) is 6.02. The van der Waals surface area contributed by atoms with Crippen LogP contribution in [0.3, 0.4) is 0 Å². The summed E-state index contributed by atoms with van der Waals surface area (Å²) < 4.78 is 24.8. The summed E-state index contributed by atoms with van der Waals surface area (Å²) in [5.41, 5.74) is 2.83. The van der Waals surface area contributed by atoms with E-state index in [2.05, 4.69) is 19.9 Å². The molecule has 1 saturated heterocycles. The summed E-state index contributed by atoms with van der Waals surface area (Å²) in [4.78, 5) is 14.6. The van der Waals surface area contributed by atoms with Crippen molar-refractivity contribution in [2.24, 2.45) is 0 Å². The normalized spacial score (nSPS) is 17.3. The molecule has 1 fully saturated rings. The number of carbonyl (C=O) groups excluding carboxylic acids is 1. The molecular weight excluding hydrogens is 312 g/mol. The summed E-state index contributed by atoms with van der Waals surface area (Å²) >= 11 is 0. The number of aryl methyl sites for hydroxylation is 1. The standard InChI is InChI=1S/C17H26N2O3S/c1-13(2)15-7-6-14(3)16(12-15)17(20)18-8-5-9-19(11-10-18)23(4,21)22/h6-7,12-13H,5,8-11H2,1-4H3. The lowest BCUT2D eigenvalue weighted by molar-refractivity contribution is 0.0763. The van der Waals surface area contributed by atoms with E-state index in [4.69, 9.17) is 0 Å². The lowest BCUT2D eigenvalue weighted by Gasteiger charge is -2.22. The Labute approximate surface area is 139 Å². The molecule has 5 nitrogen and oxygen atoms in total. The summed E-state index contributed by atoms with van der Waals surface area (Å²) in [7, 11) is -3.19. The highest BCUT2D eigenvalue weighted by molar-refractivity contribution is 7.88. The van der Waals surface area contributed by atoms with Crippen molar-refractivity contribution >= 4 is 15.9 Å². The molecule has 1 aliphatic rings. The number of rotatable bonds is 3. The van der Waals surface area contributed by atoms with Crippen molar-refractivity contribution in [3.8, 4) is 0 Å². The molecule has 1 aromatic rings. The molecule has 0 spiro atoms. The van der Waals surface area contributed by atoms with Crippen LogP contribution in [0.2, 0.25) is 0 Å². The Morgan fingerprint density at radius 1 is 1.13 bits per heavy atom. The van der Waals surface area contributed by atoms with Crippen LogP contribution in [0, 0.1) is 6.92 Å². The molecule has 1 amide bonds. The highest BCUT2D eigenvalue weighted by atomic mass is 32.2. The molecule has 0 bridgehead atoms. The third-order valence-corrected chi connectivity index (χ3v) is 5.67. The second-order valence-electron chi connectivity index (χ2n) is 6.54. The third kappa shape index (κ3) is 4.32. The van der Waals surface area contributed by atoms with Crippen LogP contribution in [-0.4, -0.2) is 56.0 Å². The predicted octanol–water partition coefficient (Wildman–Crippen LogP) is 2.23. The number of benzene rings is 1. The SMILES string of the molecule is Cc1ccc(C(C)C)cc1C(=O)N1CCCN(S(C)(=O)=O)CC1. The lowest BCUT2D eigenvalue weighted by Crippen LogP contribution is -2.37. The van der Waals surface area contributed by atoms with E-state index in [1.54, 1.807) is 4.90 Å². The van der Waals surface area contributed by atoms with Gasteiger partial charge in [0.05, 0.1) is 6.26 Å². The molecule has 6 heteroatoms. The quantitative estimate of drug-likeness (QED) is 0.849. The Hall–Kier alpha value is -1.40. The smallest absolute Gasteiger partial charge is 0.254 e. The van der Waals surface area contributed by atoms with Crippen molar-refractivity contribution in [3.05, 3.63) is 34.9 Å². The minimum atomic E-state index is -3.19. The lowest BCUT2D eigenvalue weighted by atomic mass is 9.97. The molecule has 23 heavy (non-hydrogen) atoms. The second-order valence-corrected chi connectivity index (χ2v) is 8.52. The van der Waals surface area contributed by atoms with E-state index in [0.29, 0.717) is 38.5 Å². The van der Waals surface area contributed by atoms with Crippen LogP contribution in [0.25, 0.3) is 0 Å². The fraction of sp³-hybridized carbons (Fsp3) is 0.588. The zero-order valence-electron chi connectivity index (χ0n) is 14.4. The Morgan fingerprint density at radius 2 is 1.83 bits per heavy atom. The molecule has 0 atom stereocenters. The maximum absolute atomic E-state index is 12.9.